The molecule has 0 atom stereocenters. The Hall–Kier alpha value is -2.60. The van der Waals surface area contributed by atoms with Crippen LogP contribution in [0.1, 0.15) is 12.0 Å². The van der Waals surface area contributed by atoms with Crippen LogP contribution in [0.5, 0.6) is 0 Å². The predicted molar refractivity (Wildman–Crippen MR) is 85.7 cm³/mol. The van der Waals surface area contributed by atoms with E-state index in [0.29, 0.717) is 28.0 Å². The molecule has 0 spiro atoms. The van der Waals surface area contributed by atoms with Gasteiger partial charge in [0.25, 0.3) is 0 Å². The minimum absolute atomic E-state index is 0.195. The molecule has 0 fully saturated rings. The van der Waals surface area contributed by atoms with Gasteiger partial charge in [-0.1, -0.05) is 11.6 Å². The van der Waals surface area contributed by atoms with E-state index in [4.69, 9.17) is 11.6 Å². The van der Waals surface area contributed by atoms with Crippen molar-refractivity contribution in [3.8, 4) is 0 Å². The number of hydrogen-bond acceptors (Lipinski definition) is 4. The monoisotopic (exact) mass is 330 g/mol. The fraction of sp³-hybridized carbons (Fsp3) is 0.125. The molecule has 0 unspecified atom stereocenters. The minimum Gasteiger partial charge on any atom is -0.295 e. The van der Waals surface area contributed by atoms with E-state index < -0.39 is 0 Å². The number of hydrogen-bond donors (Lipinski definition) is 1. The fourth-order valence-corrected chi connectivity index (χ4v) is 2.38. The highest BCUT2D eigenvalue weighted by Crippen LogP contribution is 2.22. The molecule has 0 aliphatic rings. The maximum absolute atomic E-state index is 13.3. The van der Waals surface area contributed by atoms with Crippen LogP contribution in [0.4, 0.5) is 10.3 Å². The normalized spacial score (nSPS) is 10.7. The van der Waals surface area contributed by atoms with Crippen LogP contribution in [0.2, 0.25) is 5.15 Å². The van der Waals surface area contributed by atoms with Gasteiger partial charge in [-0.3, -0.25) is 10.1 Å². The molecule has 1 N–H and O–H groups in total. The van der Waals surface area contributed by atoms with E-state index in [0.717, 1.165) is 0 Å². The Bertz CT molecular complexity index is 857. The maximum Gasteiger partial charge on any atom is 0.229 e. The second-order valence-electron chi connectivity index (χ2n) is 4.90. The lowest BCUT2D eigenvalue weighted by Crippen LogP contribution is -2.14. The largest absolute Gasteiger partial charge is 0.295 e. The van der Waals surface area contributed by atoms with Crippen molar-refractivity contribution in [2.24, 2.45) is 0 Å². The summed E-state index contributed by atoms with van der Waals surface area (Å²) >= 11 is 6.13. The number of aryl methyl sites for hydroxylation is 1. The molecule has 1 aromatic carbocycles. The van der Waals surface area contributed by atoms with Crippen LogP contribution in [0.3, 0.4) is 0 Å². The van der Waals surface area contributed by atoms with Crippen molar-refractivity contribution in [2.75, 3.05) is 5.32 Å². The van der Waals surface area contributed by atoms with E-state index in [1.165, 1.54) is 12.1 Å². The standard InChI is InChI=1S/C16H12ClFN4O/c17-15-10(8-11-9-12(18)3-4-13(11)21-15)2-5-14(23)22-16-19-6-1-7-20-16/h1,3-4,6-9H,2,5H2,(H,19,20,22,23). The van der Waals surface area contributed by atoms with Crippen LogP contribution in [0.15, 0.2) is 42.7 Å². The van der Waals surface area contributed by atoms with E-state index in [1.54, 1.807) is 30.6 Å². The molecule has 0 aliphatic heterocycles. The number of rotatable bonds is 4. The zero-order valence-corrected chi connectivity index (χ0v) is 12.7. The molecule has 0 radical (unpaired) electrons. The molecular formula is C16H12ClFN4O. The Morgan fingerprint density at radius 1 is 1.22 bits per heavy atom. The number of anilines is 1. The fourth-order valence-electron chi connectivity index (χ4n) is 2.14. The average Bonchev–Trinajstić information content (AvgIpc) is 2.54. The summed E-state index contributed by atoms with van der Waals surface area (Å²) in [5.74, 6) is -0.319. The summed E-state index contributed by atoms with van der Waals surface area (Å²) in [6.45, 7) is 0. The van der Waals surface area contributed by atoms with E-state index in [9.17, 15) is 9.18 Å². The maximum atomic E-state index is 13.3. The van der Waals surface area contributed by atoms with Gasteiger partial charge in [0.15, 0.2) is 0 Å². The zero-order valence-electron chi connectivity index (χ0n) is 12.0. The number of fused-ring (bicyclic) bond motifs is 1. The Labute approximate surface area is 136 Å². The van der Waals surface area contributed by atoms with Crippen molar-refractivity contribution in [3.63, 3.8) is 0 Å². The highest BCUT2D eigenvalue weighted by Gasteiger charge is 2.09. The molecule has 1 amide bonds. The first-order chi connectivity index (χ1) is 11.1. The van der Waals surface area contributed by atoms with Crippen LogP contribution >= 0.6 is 11.6 Å². The molecule has 0 bridgehead atoms. The Morgan fingerprint density at radius 3 is 2.78 bits per heavy atom. The highest BCUT2D eigenvalue weighted by atomic mass is 35.5. The van der Waals surface area contributed by atoms with Gasteiger partial charge in [0, 0.05) is 24.2 Å². The zero-order chi connectivity index (χ0) is 16.2. The molecule has 0 aliphatic carbocycles. The molecule has 2 heterocycles. The van der Waals surface area contributed by atoms with E-state index in [-0.39, 0.29) is 24.1 Å². The van der Waals surface area contributed by atoms with E-state index >= 15 is 0 Å². The van der Waals surface area contributed by atoms with Gasteiger partial charge >= 0.3 is 0 Å². The summed E-state index contributed by atoms with van der Waals surface area (Å²) in [5, 5.41) is 3.56. The molecule has 2 aromatic heterocycles. The Balaban J connectivity index is 1.71. The van der Waals surface area contributed by atoms with Gasteiger partial charge in [0.1, 0.15) is 11.0 Å². The first-order valence-corrected chi connectivity index (χ1v) is 7.31. The molecule has 3 aromatic rings. The third-order valence-electron chi connectivity index (χ3n) is 3.24. The third kappa shape index (κ3) is 3.78. The number of benzene rings is 1. The van der Waals surface area contributed by atoms with Crippen molar-refractivity contribution < 1.29 is 9.18 Å². The van der Waals surface area contributed by atoms with Gasteiger partial charge in [-0.15, -0.1) is 0 Å². The van der Waals surface area contributed by atoms with Crippen LogP contribution in [0, 0.1) is 5.82 Å². The summed E-state index contributed by atoms with van der Waals surface area (Å²) in [4.78, 5) is 24.0. The predicted octanol–water partition coefficient (Wildman–Crippen LogP) is 3.39. The van der Waals surface area contributed by atoms with Gasteiger partial charge in [-0.05, 0) is 42.3 Å². The van der Waals surface area contributed by atoms with Crippen molar-refractivity contribution in [1.29, 1.82) is 0 Å². The second-order valence-corrected chi connectivity index (χ2v) is 5.25. The molecule has 116 valence electrons. The average molecular weight is 331 g/mol. The summed E-state index contributed by atoms with van der Waals surface area (Å²) in [6.07, 6.45) is 3.67. The summed E-state index contributed by atoms with van der Waals surface area (Å²) < 4.78 is 13.3. The Kier molecular flexibility index (Phi) is 4.43. The lowest BCUT2D eigenvalue weighted by Gasteiger charge is -2.07. The smallest absolute Gasteiger partial charge is 0.229 e. The van der Waals surface area contributed by atoms with Crippen LogP contribution in [-0.2, 0) is 11.2 Å². The molecule has 3 rings (SSSR count). The van der Waals surface area contributed by atoms with Gasteiger partial charge in [0.2, 0.25) is 11.9 Å². The number of nitrogens with zero attached hydrogens (tertiary/aromatic N) is 3. The van der Waals surface area contributed by atoms with Gasteiger partial charge in [-0.25, -0.2) is 19.3 Å². The SMILES string of the molecule is O=C(CCc1cc2cc(F)ccc2nc1Cl)Nc1ncccn1. The molecule has 5 nitrogen and oxygen atoms in total. The van der Waals surface area contributed by atoms with E-state index in [2.05, 4.69) is 20.3 Å². The number of pyridine rings is 1. The van der Waals surface area contributed by atoms with Crippen molar-refractivity contribution >= 4 is 34.4 Å². The van der Waals surface area contributed by atoms with Gasteiger partial charge in [-0.2, -0.15) is 0 Å². The number of nitrogens with one attached hydrogen (secondary N) is 1. The quantitative estimate of drug-likeness (QED) is 0.745. The molecule has 7 heteroatoms. The van der Waals surface area contributed by atoms with Crippen molar-refractivity contribution in [2.45, 2.75) is 12.8 Å². The lowest BCUT2D eigenvalue weighted by atomic mass is 10.1. The lowest BCUT2D eigenvalue weighted by molar-refractivity contribution is -0.116. The number of halogens is 2. The van der Waals surface area contributed by atoms with Crippen molar-refractivity contribution in [1.82, 2.24) is 15.0 Å². The number of carbonyl (C=O) groups excluding carboxylic acids is 1. The first-order valence-electron chi connectivity index (χ1n) is 6.93. The minimum atomic E-state index is -0.341. The molecule has 23 heavy (non-hydrogen) atoms. The summed E-state index contributed by atoms with van der Waals surface area (Å²) in [7, 11) is 0. The van der Waals surface area contributed by atoms with Gasteiger partial charge < -0.3 is 0 Å². The molecule has 0 saturated heterocycles. The Morgan fingerprint density at radius 2 is 2.00 bits per heavy atom. The van der Waals surface area contributed by atoms with E-state index in [1.807, 2.05) is 0 Å². The molecular weight excluding hydrogens is 319 g/mol. The number of carbonyl (C=O) groups is 1. The topological polar surface area (TPSA) is 67.8 Å². The third-order valence-corrected chi connectivity index (χ3v) is 3.57. The summed E-state index contributed by atoms with van der Waals surface area (Å²) in [5.41, 5.74) is 1.30. The van der Waals surface area contributed by atoms with Crippen molar-refractivity contribution in [3.05, 3.63) is 59.3 Å². The first kappa shape index (κ1) is 15.3. The number of aromatic nitrogens is 3. The summed E-state index contributed by atoms with van der Waals surface area (Å²) in [6, 6.07) is 7.70. The number of amides is 1. The van der Waals surface area contributed by atoms with Crippen LogP contribution < -0.4 is 5.32 Å². The van der Waals surface area contributed by atoms with Gasteiger partial charge in [0.05, 0.1) is 5.52 Å². The van der Waals surface area contributed by atoms with Crippen LogP contribution in [-0.4, -0.2) is 20.9 Å². The second kappa shape index (κ2) is 6.66. The highest BCUT2D eigenvalue weighted by molar-refractivity contribution is 6.30. The molecule has 0 saturated carbocycles. The van der Waals surface area contributed by atoms with Crippen LogP contribution in [0.25, 0.3) is 10.9 Å².